The molecule has 17 heavy (non-hydrogen) atoms. The van der Waals surface area contributed by atoms with E-state index in [1.165, 1.54) is 5.56 Å². The van der Waals surface area contributed by atoms with Gasteiger partial charge in [0.1, 0.15) is 5.75 Å². The molecule has 0 aliphatic carbocycles. The Hall–Kier alpha value is -1.95. The van der Waals surface area contributed by atoms with Crippen LogP contribution in [-0.2, 0) is 5.41 Å². The van der Waals surface area contributed by atoms with Gasteiger partial charge in [-0.3, -0.25) is 0 Å². The van der Waals surface area contributed by atoms with Crippen LogP contribution in [0.4, 0.5) is 5.69 Å². The second kappa shape index (κ2) is 3.81. The summed E-state index contributed by atoms with van der Waals surface area (Å²) in [5, 5.41) is 8.90. The van der Waals surface area contributed by atoms with Crippen molar-refractivity contribution in [1.29, 1.82) is 5.26 Å². The fraction of sp³-hybridized carbons (Fsp3) is 0.357. The van der Waals surface area contributed by atoms with Gasteiger partial charge in [0.15, 0.2) is 0 Å². The van der Waals surface area contributed by atoms with Gasteiger partial charge in [-0.25, -0.2) is 0 Å². The van der Waals surface area contributed by atoms with Crippen molar-refractivity contribution in [3.05, 3.63) is 35.5 Å². The number of hydrogen-bond donors (Lipinski definition) is 0. The van der Waals surface area contributed by atoms with E-state index in [0.717, 1.165) is 17.1 Å². The smallest absolute Gasteiger partial charge is 0.142 e. The van der Waals surface area contributed by atoms with E-state index in [9.17, 15) is 0 Å². The molecule has 0 spiro atoms. The second-order valence-electron chi connectivity index (χ2n) is 4.70. The SMILES string of the molecule is COc1cccc2c1N(C)C(=CC#N)C2(C)C. The average molecular weight is 228 g/mol. The first-order chi connectivity index (χ1) is 8.04. The number of fused-ring (bicyclic) bond motifs is 1. The van der Waals surface area contributed by atoms with Gasteiger partial charge in [0.25, 0.3) is 0 Å². The highest BCUT2D eigenvalue weighted by Gasteiger charge is 2.40. The lowest BCUT2D eigenvalue weighted by molar-refractivity contribution is 0.415. The van der Waals surface area contributed by atoms with E-state index in [1.54, 1.807) is 13.2 Å². The zero-order valence-electron chi connectivity index (χ0n) is 10.6. The number of likely N-dealkylation sites (N-methyl/N-ethyl adjacent to an activating group) is 1. The maximum Gasteiger partial charge on any atom is 0.142 e. The van der Waals surface area contributed by atoms with Crippen molar-refractivity contribution in [2.75, 3.05) is 19.1 Å². The highest BCUT2D eigenvalue weighted by atomic mass is 16.5. The number of methoxy groups -OCH3 is 1. The molecule has 88 valence electrons. The zero-order chi connectivity index (χ0) is 12.6. The molecule has 0 fully saturated rings. The van der Waals surface area contributed by atoms with Crippen molar-refractivity contribution in [1.82, 2.24) is 0 Å². The van der Waals surface area contributed by atoms with E-state index in [1.807, 2.05) is 24.1 Å². The van der Waals surface area contributed by atoms with Crippen molar-refractivity contribution in [2.24, 2.45) is 0 Å². The summed E-state index contributed by atoms with van der Waals surface area (Å²) in [5.41, 5.74) is 3.09. The fourth-order valence-corrected chi connectivity index (χ4v) is 2.55. The Morgan fingerprint density at radius 3 is 2.71 bits per heavy atom. The van der Waals surface area contributed by atoms with Crippen molar-refractivity contribution < 1.29 is 4.74 Å². The quantitative estimate of drug-likeness (QED) is 0.693. The van der Waals surface area contributed by atoms with Crippen molar-refractivity contribution in [2.45, 2.75) is 19.3 Å². The highest BCUT2D eigenvalue weighted by molar-refractivity contribution is 5.76. The summed E-state index contributed by atoms with van der Waals surface area (Å²) < 4.78 is 5.40. The Morgan fingerprint density at radius 1 is 1.41 bits per heavy atom. The molecule has 0 bridgehead atoms. The second-order valence-corrected chi connectivity index (χ2v) is 4.70. The first-order valence-electron chi connectivity index (χ1n) is 5.55. The third-order valence-electron chi connectivity index (χ3n) is 3.43. The topological polar surface area (TPSA) is 36.3 Å². The zero-order valence-corrected chi connectivity index (χ0v) is 10.6. The minimum atomic E-state index is -0.158. The number of hydrogen-bond acceptors (Lipinski definition) is 3. The van der Waals surface area contributed by atoms with Crippen LogP contribution in [0.2, 0.25) is 0 Å². The van der Waals surface area contributed by atoms with Crippen molar-refractivity contribution in [3.63, 3.8) is 0 Å². The summed E-state index contributed by atoms with van der Waals surface area (Å²) >= 11 is 0. The molecule has 0 aromatic heterocycles. The van der Waals surface area contributed by atoms with Gasteiger partial charge >= 0.3 is 0 Å². The maximum atomic E-state index is 8.90. The van der Waals surface area contributed by atoms with E-state index in [2.05, 4.69) is 26.0 Å². The molecule has 1 aliphatic rings. The molecule has 3 heteroatoms. The summed E-state index contributed by atoms with van der Waals surface area (Å²) in [4.78, 5) is 2.04. The van der Waals surface area contributed by atoms with Crippen LogP contribution in [0.5, 0.6) is 5.75 Å². The average Bonchev–Trinajstić information content (AvgIpc) is 2.51. The summed E-state index contributed by atoms with van der Waals surface area (Å²) in [6.45, 7) is 4.25. The predicted octanol–water partition coefficient (Wildman–Crippen LogP) is 2.83. The number of allylic oxidation sites excluding steroid dienone is 2. The number of rotatable bonds is 1. The van der Waals surface area contributed by atoms with E-state index >= 15 is 0 Å². The fourth-order valence-electron chi connectivity index (χ4n) is 2.55. The molecular formula is C14H16N2O. The number of benzene rings is 1. The van der Waals surface area contributed by atoms with Crippen LogP contribution in [0.1, 0.15) is 19.4 Å². The molecule has 2 rings (SSSR count). The van der Waals surface area contributed by atoms with Gasteiger partial charge in [-0.1, -0.05) is 26.0 Å². The van der Waals surface area contributed by atoms with Gasteiger partial charge in [0.2, 0.25) is 0 Å². The van der Waals surface area contributed by atoms with Gasteiger partial charge in [0, 0.05) is 24.2 Å². The van der Waals surface area contributed by atoms with E-state index in [4.69, 9.17) is 10.00 Å². The van der Waals surface area contributed by atoms with Gasteiger partial charge in [-0.05, 0) is 11.6 Å². The number of nitrogens with zero attached hydrogens (tertiary/aromatic N) is 2. The molecule has 0 N–H and O–H groups in total. The summed E-state index contributed by atoms with van der Waals surface area (Å²) in [6.07, 6.45) is 1.61. The van der Waals surface area contributed by atoms with Crippen LogP contribution in [0, 0.1) is 11.3 Å². The van der Waals surface area contributed by atoms with Crippen LogP contribution >= 0.6 is 0 Å². The van der Waals surface area contributed by atoms with E-state index in [-0.39, 0.29) is 5.41 Å². The number of para-hydroxylation sites is 1. The molecule has 1 heterocycles. The minimum Gasteiger partial charge on any atom is -0.495 e. The molecule has 1 aliphatic heterocycles. The normalized spacial score (nSPS) is 19.0. The van der Waals surface area contributed by atoms with E-state index < -0.39 is 0 Å². The van der Waals surface area contributed by atoms with Gasteiger partial charge < -0.3 is 9.64 Å². The largest absolute Gasteiger partial charge is 0.495 e. The predicted molar refractivity (Wildman–Crippen MR) is 68.1 cm³/mol. The third-order valence-corrected chi connectivity index (χ3v) is 3.43. The molecule has 0 atom stereocenters. The van der Waals surface area contributed by atoms with Crippen LogP contribution < -0.4 is 9.64 Å². The molecule has 0 unspecified atom stereocenters. The standard InChI is InChI=1S/C14H16N2O/c1-14(2)10-6-5-7-11(17-4)13(10)16(3)12(14)8-9-15/h5-8H,1-4H3. The summed E-state index contributed by atoms with van der Waals surface area (Å²) in [7, 11) is 3.64. The lowest BCUT2D eigenvalue weighted by atomic mass is 9.84. The Balaban J connectivity index is 2.71. The first-order valence-corrected chi connectivity index (χ1v) is 5.55. The first kappa shape index (κ1) is 11.5. The Kier molecular flexibility index (Phi) is 2.59. The Labute approximate surface area is 102 Å². The summed E-state index contributed by atoms with van der Waals surface area (Å²) in [6, 6.07) is 8.15. The number of nitriles is 1. The molecular weight excluding hydrogens is 212 g/mol. The van der Waals surface area contributed by atoms with Gasteiger partial charge in [-0.2, -0.15) is 5.26 Å². The Morgan fingerprint density at radius 2 is 2.12 bits per heavy atom. The van der Waals surface area contributed by atoms with Crippen LogP contribution in [-0.4, -0.2) is 14.2 Å². The lowest BCUT2D eigenvalue weighted by Crippen LogP contribution is -2.22. The molecule has 0 saturated carbocycles. The third kappa shape index (κ3) is 1.49. The summed E-state index contributed by atoms with van der Waals surface area (Å²) in [5.74, 6) is 0.847. The molecule has 1 aromatic rings. The molecule has 0 amide bonds. The van der Waals surface area contributed by atoms with Crippen molar-refractivity contribution >= 4 is 5.69 Å². The van der Waals surface area contributed by atoms with Gasteiger partial charge in [-0.15, -0.1) is 0 Å². The van der Waals surface area contributed by atoms with Crippen LogP contribution in [0.3, 0.4) is 0 Å². The molecule has 1 aromatic carbocycles. The van der Waals surface area contributed by atoms with E-state index in [0.29, 0.717) is 0 Å². The van der Waals surface area contributed by atoms with Crippen LogP contribution in [0.15, 0.2) is 30.0 Å². The Bertz CT molecular complexity index is 524. The monoisotopic (exact) mass is 228 g/mol. The molecule has 3 nitrogen and oxygen atoms in total. The molecule has 0 saturated heterocycles. The van der Waals surface area contributed by atoms with Crippen LogP contribution in [0.25, 0.3) is 0 Å². The minimum absolute atomic E-state index is 0.158. The highest BCUT2D eigenvalue weighted by Crippen LogP contribution is 2.50. The lowest BCUT2D eigenvalue weighted by Gasteiger charge is -2.22. The molecule has 0 radical (unpaired) electrons. The maximum absolute atomic E-state index is 8.90. The number of anilines is 1. The van der Waals surface area contributed by atoms with Gasteiger partial charge in [0.05, 0.1) is 18.9 Å². The number of ether oxygens (including phenoxy) is 1. The van der Waals surface area contributed by atoms with Crippen molar-refractivity contribution in [3.8, 4) is 11.8 Å².